The van der Waals surface area contributed by atoms with Gasteiger partial charge in [0.05, 0.1) is 0 Å². The molecule has 0 N–H and O–H groups in total. The first kappa shape index (κ1) is 13.6. The molecule has 2 fully saturated rings. The van der Waals surface area contributed by atoms with Gasteiger partial charge in [-0.15, -0.1) is 9.24 Å². The first-order valence-electron chi connectivity index (χ1n) is 7.95. The van der Waals surface area contributed by atoms with Gasteiger partial charge in [0.15, 0.2) is 0 Å². The first-order valence-corrected chi connectivity index (χ1v) is 8.53. The van der Waals surface area contributed by atoms with Crippen LogP contribution in [-0.4, -0.2) is 14.7 Å². The van der Waals surface area contributed by atoms with Gasteiger partial charge in [-0.3, -0.25) is 0 Å². The molecule has 106 valence electrons. The normalized spacial score (nSPS) is 22.4. The molecule has 3 heteroatoms. The molecule has 2 nitrogen and oxygen atoms in total. The monoisotopic (exact) mass is 278 g/mol. The molecule has 0 aromatic carbocycles. The maximum absolute atomic E-state index is 4.59. The van der Waals surface area contributed by atoms with E-state index in [0.717, 1.165) is 18.3 Å². The Kier molecular flexibility index (Phi) is 3.98. The summed E-state index contributed by atoms with van der Waals surface area (Å²) in [4.78, 5) is 4.59. The average Bonchev–Trinajstić information content (AvgIpc) is 3.11. The highest BCUT2D eigenvalue weighted by atomic mass is 31.0. The summed E-state index contributed by atoms with van der Waals surface area (Å²) >= 11 is 0. The first-order chi connectivity index (χ1) is 9.20. The van der Waals surface area contributed by atoms with E-state index in [1.165, 1.54) is 57.2 Å². The Morgan fingerprint density at radius 3 is 2.11 bits per heavy atom. The zero-order valence-electron chi connectivity index (χ0n) is 12.1. The molecule has 0 spiro atoms. The van der Waals surface area contributed by atoms with E-state index in [-0.39, 0.29) is 0 Å². The number of hydrogen-bond donors (Lipinski definition) is 0. The fourth-order valence-corrected chi connectivity index (χ4v) is 5.24. The number of hydrogen-bond acceptors (Lipinski definition) is 1. The lowest BCUT2D eigenvalue weighted by molar-refractivity contribution is 0.264. The highest BCUT2D eigenvalue weighted by molar-refractivity contribution is 7.19. The summed E-state index contributed by atoms with van der Waals surface area (Å²) in [5.74, 6) is 3.07. The molecule has 0 aliphatic heterocycles. The topological polar surface area (TPSA) is 17.8 Å². The van der Waals surface area contributed by atoms with Crippen molar-refractivity contribution in [1.82, 2.24) is 9.55 Å². The second-order valence-corrected chi connectivity index (χ2v) is 7.78. The van der Waals surface area contributed by atoms with E-state index >= 15 is 0 Å². The van der Waals surface area contributed by atoms with Gasteiger partial charge < -0.3 is 4.57 Å². The predicted octanol–water partition coefficient (Wildman–Crippen LogP) is 3.96. The van der Waals surface area contributed by atoms with E-state index in [1.54, 1.807) is 0 Å². The van der Waals surface area contributed by atoms with Crippen molar-refractivity contribution in [2.45, 2.75) is 62.9 Å². The molecule has 19 heavy (non-hydrogen) atoms. The van der Waals surface area contributed by atoms with Gasteiger partial charge in [-0.05, 0) is 42.7 Å². The van der Waals surface area contributed by atoms with Crippen LogP contribution in [0.3, 0.4) is 0 Å². The van der Waals surface area contributed by atoms with Crippen LogP contribution in [0.2, 0.25) is 0 Å². The maximum Gasteiger partial charge on any atom is 0.109 e. The Hall–Kier alpha value is -0.360. The maximum atomic E-state index is 4.59. The lowest BCUT2D eigenvalue weighted by atomic mass is 9.76. The Morgan fingerprint density at radius 1 is 1.16 bits per heavy atom. The molecule has 2 aliphatic rings. The van der Waals surface area contributed by atoms with Crippen molar-refractivity contribution >= 4 is 9.24 Å². The molecule has 2 saturated carbocycles. The minimum absolute atomic E-state index is 0.409. The molecule has 1 atom stereocenters. The summed E-state index contributed by atoms with van der Waals surface area (Å²) in [5, 5.41) is 0.409. The molecule has 1 heterocycles. The standard InChI is InChI=1S/C16H27N2P/c1-18-11-10-17-15(18)12-16(19,13-6-2-3-7-13)14-8-4-5-9-14/h10-11,13-14H,2-9,12,19H2,1H3. The van der Waals surface area contributed by atoms with Crippen LogP contribution in [0.1, 0.15) is 57.2 Å². The lowest BCUT2D eigenvalue weighted by Crippen LogP contribution is -2.40. The second kappa shape index (κ2) is 5.56. The third-order valence-corrected chi connectivity index (χ3v) is 6.76. The summed E-state index contributed by atoms with van der Waals surface area (Å²) in [6.07, 6.45) is 16.7. The number of imidazole rings is 1. The summed E-state index contributed by atoms with van der Waals surface area (Å²) in [5.41, 5.74) is 0. The van der Waals surface area contributed by atoms with Gasteiger partial charge in [-0.25, -0.2) is 4.98 Å². The minimum atomic E-state index is 0.409. The van der Waals surface area contributed by atoms with Crippen LogP contribution in [-0.2, 0) is 13.5 Å². The van der Waals surface area contributed by atoms with Crippen molar-refractivity contribution in [1.29, 1.82) is 0 Å². The molecule has 0 bridgehead atoms. The van der Waals surface area contributed by atoms with Gasteiger partial charge in [-0.2, -0.15) is 0 Å². The van der Waals surface area contributed by atoms with Crippen molar-refractivity contribution < 1.29 is 0 Å². The molecule has 0 amide bonds. The zero-order valence-corrected chi connectivity index (χ0v) is 13.3. The largest absolute Gasteiger partial charge is 0.338 e. The van der Waals surface area contributed by atoms with E-state index in [0.29, 0.717) is 5.16 Å². The van der Waals surface area contributed by atoms with Crippen LogP contribution in [0, 0.1) is 11.8 Å². The third-order valence-electron chi connectivity index (χ3n) is 5.62. The SMILES string of the molecule is Cn1ccnc1CC(P)(C1CCCC1)C1CCCC1. The van der Waals surface area contributed by atoms with E-state index in [4.69, 9.17) is 0 Å². The Bertz CT molecular complexity index is 398. The fourth-order valence-electron chi connectivity index (χ4n) is 4.39. The summed E-state index contributed by atoms with van der Waals surface area (Å²) in [6, 6.07) is 0. The summed E-state index contributed by atoms with van der Waals surface area (Å²) < 4.78 is 2.21. The molecule has 2 aliphatic carbocycles. The Labute approximate surface area is 119 Å². The number of nitrogens with zero attached hydrogens (tertiary/aromatic N) is 2. The predicted molar refractivity (Wildman–Crippen MR) is 83.3 cm³/mol. The second-order valence-electron chi connectivity index (χ2n) is 6.71. The van der Waals surface area contributed by atoms with Crippen LogP contribution >= 0.6 is 9.24 Å². The smallest absolute Gasteiger partial charge is 0.109 e. The van der Waals surface area contributed by atoms with Gasteiger partial charge in [0.25, 0.3) is 0 Å². The lowest BCUT2D eigenvalue weighted by Gasteiger charge is -2.41. The van der Waals surface area contributed by atoms with Crippen LogP contribution in [0.15, 0.2) is 12.4 Å². The molecule has 3 rings (SSSR count). The summed E-state index contributed by atoms with van der Waals surface area (Å²) in [7, 11) is 5.45. The van der Waals surface area contributed by atoms with Crippen molar-refractivity contribution in [3.63, 3.8) is 0 Å². The Balaban J connectivity index is 1.84. The fraction of sp³-hybridized carbons (Fsp3) is 0.812. The zero-order chi connectivity index (χ0) is 13.3. The molecule has 0 saturated heterocycles. The van der Waals surface area contributed by atoms with Gasteiger partial charge in [0, 0.05) is 25.9 Å². The molecular formula is C16H27N2P. The van der Waals surface area contributed by atoms with Crippen LogP contribution < -0.4 is 0 Å². The summed E-state index contributed by atoms with van der Waals surface area (Å²) in [6.45, 7) is 0. The third kappa shape index (κ3) is 2.61. The average molecular weight is 278 g/mol. The molecule has 0 radical (unpaired) electrons. The van der Waals surface area contributed by atoms with Crippen molar-refractivity contribution in [2.75, 3.05) is 0 Å². The van der Waals surface area contributed by atoms with Gasteiger partial charge in [0.1, 0.15) is 5.82 Å². The highest BCUT2D eigenvalue weighted by Crippen LogP contribution is 2.51. The van der Waals surface area contributed by atoms with Gasteiger partial charge >= 0.3 is 0 Å². The van der Waals surface area contributed by atoms with E-state index in [1.807, 2.05) is 6.20 Å². The Morgan fingerprint density at radius 2 is 1.68 bits per heavy atom. The highest BCUT2D eigenvalue weighted by Gasteiger charge is 2.44. The van der Waals surface area contributed by atoms with E-state index in [2.05, 4.69) is 32.0 Å². The minimum Gasteiger partial charge on any atom is -0.338 e. The quantitative estimate of drug-likeness (QED) is 0.762. The number of rotatable bonds is 4. The van der Waals surface area contributed by atoms with Crippen molar-refractivity contribution in [3.8, 4) is 0 Å². The van der Waals surface area contributed by atoms with Crippen LogP contribution in [0.4, 0.5) is 0 Å². The van der Waals surface area contributed by atoms with E-state index in [9.17, 15) is 0 Å². The van der Waals surface area contributed by atoms with Gasteiger partial charge in [0.2, 0.25) is 0 Å². The van der Waals surface area contributed by atoms with Crippen LogP contribution in [0.5, 0.6) is 0 Å². The van der Waals surface area contributed by atoms with Gasteiger partial charge in [-0.1, -0.05) is 25.7 Å². The number of aryl methyl sites for hydroxylation is 1. The molecule has 1 aromatic rings. The van der Waals surface area contributed by atoms with Crippen molar-refractivity contribution in [3.05, 3.63) is 18.2 Å². The molecule has 1 unspecified atom stereocenters. The molecule has 1 aromatic heterocycles. The van der Waals surface area contributed by atoms with Crippen molar-refractivity contribution in [2.24, 2.45) is 18.9 Å². The number of aromatic nitrogens is 2. The van der Waals surface area contributed by atoms with Crippen LogP contribution in [0.25, 0.3) is 0 Å². The molecular weight excluding hydrogens is 251 g/mol. The van der Waals surface area contributed by atoms with E-state index < -0.39 is 0 Å².